The Morgan fingerprint density at radius 2 is 2.18 bits per heavy atom. The molecule has 2 aromatic carbocycles. The summed E-state index contributed by atoms with van der Waals surface area (Å²) < 4.78 is 10.9. The third-order valence-corrected chi connectivity index (χ3v) is 3.60. The first kappa shape index (κ1) is 14.4. The zero-order valence-electron chi connectivity index (χ0n) is 12.6. The van der Waals surface area contributed by atoms with Crippen LogP contribution in [0.3, 0.4) is 0 Å². The Morgan fingerprint density at radius 3 is 3.05 bits per heavy atom. The SMILES string of the molecule is Cc1cccc(OCC(=O)NCc2ccc3c(c2)CCO3)c1. The van der Waals surface area contributed by atoms with Crippen LogP contribution in [0.1, 0.15) is 16.7 Å². The van der Waals surface area contributed by atoms with Crippen molar-refractivity contribution in [2.45, 2.75) is 19.9 Å². The summed E-state index contributed by atoms with van der Waals surface area (Å²) in [5, 5.41) is 2.87. The summed E-state index contributed by atoms with van der Waals surface area (Å²) in [4.78, 5) is 11.8. The highest BCUT2D eigenvalue weighted by atomic mass is 16.5. The summed E-state index contributed by atoms with van der Waals surface area (Å²) in [7, 11) is 0. The Bertz CT molecular complexity index is 682. The number of aryl methyl sites for hydroxylation is 1. The normalized spacial score (nSPS) is 12.4. The Labute approximate surface area is 130 Å². The first-order valence-corrected chi connectivity index (χ1v) is 7.41. The lowest BCUT2D eigenvalue weighted by Crippen LogP contribution is -2.28. The molecule has 4 nitrogen and oxygen atoms in total. The Hall–Kier alpha value is -2.49. The standard InChI is InChI=1S/C18H19NO3/c1-13-3-2-4-16(9-13)22-12-18(20)19-11-14-5-6-17-15(10-14)7-8-21-17/h2-6,9-10H,7-8,11-12H2,1H3,(H,19,20). The van der Waals surface area contributed by atoms with Gasteiger partial charge in [0, 0.05) is 13.0 Å². The van der Waals surface area contributed by atoms with Crippen LogP contribution in [0, 0.1) is 6.92 Å². The molecule has 0 aliphatic carbocycles. The van der Waals surface area contributed by atoms with E-state index in [2.05, 4.69) is 11.4 Å². The Kier molecular flexibility index (Phi) is 4.28. The van der Waals surface area contributed by atoms with Crippen molar-refractivity contribution < 1.29 is 14.3 Å². The van der Waals surface area contributed by atoms with Crippen LogP contribution < -0.4 is 14.8 Å². The molecule has 0 bridgehead atoms. The lowest BCUT2D eigenvalue weighted by atomic mass is 10.1. The molecule has 114 valence electrons. The van der Waals surface area contributed by atoms with E-state index in [1.165, 1.54) is 5.56 Å². The van der Waals surface area contributed by atoms with Crippen molar-refractivity contribution in [3.05, 3.63) is 59.2 Å². The summed E-state index contributed by atoms with van der Waals surface area (Å²) in [5.41, 5.74) is 3.40. The van der Waals surface area contributed by atoms with Crippen molar-refractivity contribution in [1.29, 1.82) is 0 Å². The minimum absolute atomic E-state index is 0.0253. The minimum atomic E-state index is -0.127. The molecular weight excluding hydrogens is 278 g/mol. The molecule has 1 aliphatic heterocycles. The first-order valence-electron chi connectivity index (χ1n) is 7.41. The number of carbonyl (C=O) groups is 1. The number of rotatable bonds is 5. The van der Waals surface area contributed by atoms with Gasteiger partial charge < -0.3 is 14.8 Å². The highest BCUT2D eigenvalue weighted by Crippen LogP contribution is 2.25. The third-order valence-electron chi connectivity index (χ3n) is 3.60. The van der Waals surface area contributed by atoms with Crippen molar-refractivity contribution in [3.63, 3.8) is 0 Å². The van der Waals surface area contributed by atoms with Gasteiger partial charge in [0.2, 0.25) is 0 Å². The number of ether oxygens (including phenoxy) is 2. The predicted molar refractivity (Wildman–Crippen MR) is 84.2 cm³/mol. The second-order valence-electron chi connectivity index (χ2n) is 5.42. The number of amides is 1. The van der Waals surface area contributed by atoms with Crippen molar-refractivity contribution in [2.24, 2.45) is 0 Å². The molecule has 4 heteroatoms. The molecule has 0 fully saturated rings. The van der Waals surface area contributed by atoms with Gasteiger partial charge in [0.1, 0.15) is 11.5 Å². The fourth-order valence-corrected chi connectivity index (χ4v) is 2.46. The molecule has 0 aromatic heterocycles. The molecule has 0 radical (unpaired) electrons. The van der Waals surface area contributed by atoms with Crippen molar-refractivity contribution in [2.75, 3.05) is 13.2 Å². The van der Waals surface area contributed by atoms with Crippen LogP contribution in [0.5, 0.6) is 11.5 Å². The quantitative estimate of drug-likeness (QED) is 0.923. The molecule has 22 heavy (non-hydrogen) atoms. The molecule has 1 amide bonds. The van der Waals surface area contributed by atoms with E-state index >= 15 is 0 Å². The van der Waals surface area contributed by atoms with Gasteiger partial charge >= 0.3 is 0 Å². The van der Waals surface area contributed by atoms with E-state index in [1.54, 1.807) is 0 Å². The predicted octanol–water partition coefficient (Wildman–Crippen LogP) is 2.63. The van der Waals surface area contributed by atoms with Crippen LogP contribution in [0.15, 0.2) is 42.5 Å². The number of benzene rings is 2. The molecule has 1 N–H and O–H groups in total. The first-order chi connectivity index (χ1) is 10.7. The van der Waals surface area contributed by atoms with E-state index in [-0.39, 0.29) is 12.5 Å². The van der Waals surface area contributed by atoms with Crippen LogP contribution in [-0.2, 0) is 17.8 Å². The molecule has 0 spiro atoms. The average Bonchev–Trinajstić information content (AvgIpc) is 2.98. The van der Waals surface area contributed by atoms with E-state index in [4.69, 9.17) is 9.47 Å². The monoisotopic (exact) mass is 297 g/mol. The molecular formula is C18H19NO3. The minimum Gasteiger partial charge on any atom is -0.493 e. The number of nitrogens with one attached hydrogen (secondary N) is 1. The number of carbonyl (C=O) groups excluding carboxylic acids is 1. The fraction of sp³-hybridized carbons (Fsp3) is 0.278. The van der Waals surface area contributed by atoms with Gasteiger partial charge in [0.05, 0.1) is 6.61 Å². The van der Waals surface area contributed by atoms with Crippen LogP contribution in [0.4, 0.5) is 0 Å². The molecule has 2 aromatic rings. The maximum atomic E-state index is 11.8. The number of hydrogen-bond acceptors (Lipinski definition) is 3. The van der Waals surface area contributed by atoms with Crippen molar-refractivity contribution >= 4 is 5.91 Å². The zero-order valence-corrected chi connectivity index (χ0v) is 12.6. The van der Waals surface area contributed by atoms with E-state index < -0.39 is 0 Å². The topological polar surface area (TPSA) is 47.6 Å². The third kappa shape index (κ3) is 3.58. The van der Waals surface area contributed by atoms with Gasteiger partial charge in [0.25, 0.3) is 5.91 Å². The summed E-state index contributed by atoms with van der Waals surface area (Å²) in [6, 6.07) is 13.7. The molecule has 0 unspecified atom stereocenters. The van der Waals surface area contributed by atoms with Gasteiger partial charge in [-0.05, 0) is 41.8 Å². The number of fused-ring (bicyclic) bond motifs is 1. The maximum Gasteiger partial charge on any atom is 0.258 e. The Balaban J connectivity index is 1.48. The van der Waals surface area contributed by atoms with Crippen molar-refractivity contribution in [3.8, 4) is 11.5 Å². The second-order valence-corrected chi connectivity index (χ2v) is 5.42. The van der Waals surface area contributed by atoms with Crippen LogP contribution in [0.25, 0.3) is 0 Å². The fourth-order valence-electron chi connectivity index (χ4n) is 2.46. The molecule has 3 rings (SSSR count). The van der Waals surface area contributed by atoms with Gasteiger partial charge in [-0.1, -0.05) is 24.3 Å². The highest BCUT2D eigenvalue weighted by Gasteiger charge is 2.12. The van der Waals surface area contributed by atoms with Crippen LogP contribution >= 0.6 is 0 Å². The lowest BCUT2D eigenvalue weighted by molar-refractivity contribution is -0.123. The molecule has 1 heterocycles. The summed E-state index contributed by atoms with van der Waals surface area (Å²) >= 11 is 0. The maximum absolute atomic E-state index is 11.8. The zero-order chi connectivity index (χ0) is 15.4. The van der Waals surface area contributed by atoms with Gasteiger partial charge in [-0.3, -0.25) is 4.79 Å². The molecule has 1 aliphatic rings. The summed E-state index contributed by atoms with van der Waals surface area (Å²) in [6.45, 7) is 3.26. The smallest absolute Gasteiger partial charge is 0.258 e. The largest absolute Gasteiger partial charge is 0.493 e. The van der Waals surface area contributed by atoms with Crippen LogP contribution in [0.2, 0.25) is 0 Å². The summed E-state index contributed by atoms with van der Waals surface area (Å²) in [5.74, 6) is 1.54. The van der Waals surface area contributed by atoms with E-state index in [0.717, 1.165) is 29.9 Å². The van der Waals surface area contributed by atoms with E-state index in [0.29, 0.717) is 12.3 Å². The van der Waals surface area contributed by atoms with Crippen LogP contribution in [-0.4, -0.2) is 19.1 Å². The van der Waals surface area contributed by atoms with Gasteiger partial charge in [-0.15, -0.1) is 0 Å². The van der Waals surface area contributed by atoms with Gasteiger partial charge in [0.15, 0.2) is 6.61 Å². The lowest BCUT2D eigenvalue weighted by Gasteiger charge is -2.09. The van der Waals surface area contributed by atoms with Crippen molar-refractivity contribution in [1.82, 2.24) is 5.32 Å². The van der Waals surface area contributed by atoms with E-state index in [1.807, 2.05) is 43.3 Å². The van der Waals surface area contributed by atoms with E-state index in [9.17, 15) is 4.79 Å². The van der Waals surface area contributed by atoms with Gasteiger partial charge in [-0.2, -0.15) is 0 Å². The molecule has 0 saturated carbocycles. The molecule has 0 saturated heterocycles. The number of hydrogen-bond donors (Lipinski definition) is 1. The second kappa shape index (κ2) is 6.52. The highest BCUT2D eigenvalue weighted by molar-refractivity contribution is 5.77. The average molecular weight is 297 g/mol. The Morgan fingerprint density at radius 1 is 1.27 bits per heavy atom. The van der Waals surface area contributed by atoms with Gasteiger partial charge in [-0.25, -0.2) is 0 Å². The molecule has 0 atom stereocenters. The summed E-state index contributed by atoms with van der Waals surface area (Å²) in [6.07, 6.45) is 0.938.